The minimum Gasteiger partial charge on any atom is -0.481 e. The van der Waals surface area contributed by atoms with Crippen LogP contribution in [0.2, 0.25) is 0 Å². The van der Waals surface area contributed by atoms with Crippen LogP contribution < -0.4 is 15.8 Å². The molecule has 0 fully saturated rings. The van der Waals surface area contributed by atoms with E-state index in [1.54, 1.807) is 31.2 Å². The summed E-state index contributed by atoms with van der Waals surface area (Å²) < 4.78 is 5.81. The molecule has 0 heterocycles. The fraction of sp³-hybridized carbons (Fsp3) is 0.263. The summed E-state index contributed by atoms with van der Waals surface area (Å²) in [7, 11) is 0. The zero-order chi connectivity index (χ0) is 17.9. The average Bonchev–Trinajstić information content (AvgIpc) is 2.52. The number of benzene rings is 2. The lowest BCUT2D eigenvalue weighted by atomic mass is 10.1. The van der Waals surface area contributed by atoms with Crippen LogP contribution in [0.15, 0.2) is 36.4 Å². The summed E-state index contributed by atoms with van der Waals surface area (Å²) in [6, 6.07) is 10.6. The Hall–Kier alpha value is -2.82. The molecule has 1 atom stereocenters. The zero-order valence-electron chi connectivity index (χ0n) is 14.3. The Morgan fingerprint density at radius 3 is 2.46 bits per heavy atom. The molecule has 5 nitrogen and oxygen atoms in total. The highest BCUT2D eigenvalue weighted by atomic mass is 16.5. The van der Waals surface area contributed by atoms with E-state index in [0.29, 0.717) is 11.4 Å². The number of hydrogen-bond donors (Lipinski definition) is 2. The standard InChI is InChI=1S/C19H22N2O3/c1-11-9-12(2)13(3)17(10-11)24-14(4)19(23)21-16-8-6-5-7-15(16)18(20)22/h5-10,14H,1-4H3,(H2,20,22)(H,21,23)/t14-/m0/s1. The van der Waals surface area contributed by atoms with Crippen molar-refractivity contribution in [3.05, 3.63) is 58.7 Å². The van der Waals surface area contributed by atoms with E-state index in [2.05, 4.69) is 11.4 Å². The molecule has 0 unspecified atom stereocenters. The van der Waals surface area contributed by atoms with E-state index in [-0.39, 0.29) is 11.5 Å². The van der Waals surface area contributed by atoms with Gasteiger partial charge in [-0.25, -0.2) is 0 Å². The van der Waals surface area contributed by atoms with E-state index >= 15 is 0 Å². The van der Waals surface area contributed by atoms with Crippen molar-refractivity contribution in [3.8, 4) is 5.75 Å². The van der Waals surface area contributed by atoms with Gasteiger partial charge in [0.2, 0.25) is 0 Å². The van der Waals surface area contributed by atoms with Crippen molar-refractivity contribution in [2.45, 2.75) is 33.8 Å². The Morgan fingerprint density at radius 1 is 1.12 bits per heavy atom. The van der Waals surface area contributed by atoms with Gasteiger partial charge >= 0.3 is 0 Å². The normalized spacial score (nSPS) is 11.7. The van der Waals surface area contributed by atoms with Crippen molar-refractivity contribution >= 4 is 17.5 Å². The van der Waals surface area contributed by atoms with E-state index < -0.39 is 12.0 Å². The van der Waals surface area contributed by atoms with Crippen LogP contribution in [0.25, 0.3) is 0 Å². The number of primary amides is 1. The topological polar surface area (TPSA) is 81.4 Å². The van der Waals surface area contributed by atoms with Crippen molar-refractivity contribution in [3.63, 3.8) is 0 Å². The molecule has 0 bridgehead atoms. The first kappa shape index (κ1) is 17.5. The smallest absolute Gasteiger partial charge is 0.265 e. The average molecular weight is 326 g/mol. The Morgan fingerprint density at radius 2 is 1.79 bits per heavy atom. The quantitative estimate of drug-likeness (QED) is 0.886. The van der Waals surface area contributed by atoms with Gasteiger partial charge in [-0.15, -0.1) is 0 Å². The molecule has 0 aliphatic heterocycles. The lowest BCUT2D eigenvalue weighted by molar-refractivity contribution is -0.122. The van der Waals surface area contributed by atoms with Gasteiger partial charge in [0.05, 0.1) is 11.3 Å². The number of carbonyl (C=O) groups is 2. The van der Waals surface area contributed by atoms with Crippen LogP contribution >= 0.6 is 0 Å². The number of ether oxygens (including phenoxy) is 1. The maximum Gasteiger partial charge on any atom is 0.265 e. The Balaban J connectivity index is 2.15. The van der Waals surface area contributed by atoms with Crippen LogP contribution in [0.1, 0.15) is 34.0 Å². The lowest BCUT2D eigenvalue weighted by Crippen LogP contribution is -2.31. The molecule has 0 saturated heterocycles. The monoisotopic (exact) mass is 326 g/mol. The summed E-state index contributed by atoms with van der Waals surface area (Å²) in [6.07, 6.45) is -0.717. The highest BCUT2D eigenvalue weighted by Gasteiger charge is 2.18. The number of nitrogens with one attached hydrogen (secondary N) is 1. The van der Waals surface area contributed by atoms with E-state index in [1.807, 2.05) is 26.8 Å². The number of hydrogen-bond acceptors (Lipinski definition) is 3. The Bertz CT molecular complexity index is 784. The summed E-state index contributed by atoms with van der Waals surface area (Å²) in [5.41, 5.74) is 9.14. The molecule has 2 aromatic rings. The van der Waals surface area contributed by atoms with E-state index in [9.17, 15) is 9.59 Å². The number of para-hydroxylation sites is 1. The van der Waals surface area contributed by atoms with Crippen molar-refractivity contribution in [2.75, 3.05) is 5.32 Å². The SMILES string of the molecule is Cc1cc(C)c(C)c(O[C@@H](C)C(=O)Nc2ccccc2C(N)=O)c1. The van der Waals surface area contributed by atoms with E-state index in [4.69, 9.17) is 10.5 Å². The van der Waals surface area contributed by atoms with Crippen LogP contribution in [0.5, 0.6) is 5.75 Å². The zero-order valence-corrected chi connectivity index (χ0v) is 14.3. The fourth-order valence-electron chi connectivity index (χ4n) is 2.41. The second-order valence-electron chi connectivity index (χ2n) is 5.86. The molecule has 5 heteroatoms. The van der Waals surface area contributed by atoms with Crippen molar-refractivity contribution < 1.29 is 14.3 Å². The highest BCUT2D eigenvalue weighted by molar-refractivity contribution is 6.03. The number of anilines is 1. The van der Waals surface area contributed by atoms with Crippen LogP contribution in [-0.2, 0) is 4.79 Å². The lowest BCUT2D eigenvalue weighted by Gasteiger charge is -2.18. The molecule has 3 N–H and O–H groups in total. The highest BCUT2D eigenvalue weighted by Crippen LogP contribution is 2.24. The predicted molar refractivity (Wildman–Crippen MR) is 94.3 cm³/mol. The minimum absolute atomic E-state index is 0.264. The molecule has 126 valence electrons. The fourth-order valence-corrected chi connectivity index (χ4v) is 2.41. The molecule has 0 aromatic heterocycles. The first-order valence-electron chi connectivity index (χ1n) is 7.73. The molecule has 0 aliphatic rings. The molecular formula is C19H22N2O3. The summed E-state index contributed by atoms with van der Waals surface area (Å²) in [6.45, 7) is 7.60. The molecule has 0 aliphatic carbocycles. The second-order valence-corrected chi connectivity index (χ2v) is 5.86. The number of carbonyl (C=O) groups excluding carboxylic acids is 2. The Kier molecular flexibility index (Phi) is 5.24. The van der Waals surface area contributed by atoms with Crippen LogP contribution in [0.3, 0.4) is 0 Å². The van der Waals surface area contributed by atoms with Gasteiger partial charge < -0.3 is 15.8 Å². The van der Waals surface area contributed by atoms with Crippen molar-refractivity contribution in [2.24, 2.45) is 5.73 Å². The minimum atomic E-state index is -0.717. The first-order valence-corrected chi connectivity index (χ1v) is 7.73. The summed E-state index contributed by atoms with van der Waals surface area (Å²) >= 11 is 0. The number of nitrogens with two attached hydrogens (primary N) is 1. The maximum absolute atomic E-state index is 12.4. The number of aryl methyl sites for hydroxylation is 2. The van der Waals surface area contributed by atoms with Crippen molar-refractivity contribution in [1.29, 1.82) is 0 Å². The van der Waals surface area contributed by atoms with Crippen LogP contribution in [0.4, 0.5) is 5.69 Å². The predicted octanol–water partition coefficient (Wildman–Crippen LogP) is 3.12. The third kappa shape index (κ3) is 3.93. The molecule has 2 aromatic carbocycles. The van der Waals surface area contributed by atoms with Gasteiger partial charge in [0.25, 0.3) is 11.8 Å². The van der Waals surface area contributed by atoms with Gasteiger partial charge in [-0.2, -0.15) is 0 Å². The van der Waals surface area contributed by atoms with Gasteiger partial charge in [-0.3, -0.25) is 9.59 Å². The summed E-state index contributed by atoms with van der Waals surface area (Å²) in [5, 5.41) is 2.70. The van der Waals surface area contributed by atoms with E-state index in [1.165, 1.54) is 0 Å². The first-order chi connectivity index (χ1) is 11.3. The largest absolute Gasteiger partial charge is 0.481 e. The molecule has 0 saturated carbocycles. The van der Waals surface area contributed by atoms with Gasteiger partial charge in [0.15, 0.2) is 6.10 Å². The molecular weight excluding hydrogens is 304 g/mol. The molecule has 0 spiro atoms. The van der Waals surface area contributed by atoms with E-state index in [0.717, 1.165) is 16.7 Å². The third-order valence-electron chi connectivity index (χ3n) is 3.89. The maximum atomic E-state index is 12.4. The van der Waals surface area contributed by atoms with Crippen molar-refractivity contribution in [1.82, 2.24) is 0 Å². The van der Waals surface area contributed by atoms with Gasteiger partial charge in [-0.1, -0.05) is 18.2 Å². The number of amides is 2. The molecule has 0 radical (unpaired) electrons. The molecule has 2 amide bonds. The summed E-state index contributed by atoms with van der Waals surface area (Å²) in [5.74, 6) is -0.259. The van der Waals surface area contributed by atoms with Gasteiger partial charge in [0.1, 0.15) is 5.75 Å². The van der Waals surface area contributed by atoms with Crippen LogP contribution in [-0.4, -0.2) is 17.9 Å². The second kappa shape index (κ2) is 7.17. The number of rotatable bonds is 5. The van der Waals surface area contributed by atoms with Crippen LogP contribution in [0, 0.1) is 20.8 Å². The third-order valence-corrected chi connectivity index (χ3v) is 3.89. The van der Waals surface area contributed by atoms with Gasteiger partial charge in [0, 0.05) is 0 Å². The Labute approximate surface area is 141 Å². The summed E-state index contributed by atoms with van der Waals surface area (Å²) in [4.78, 5) is 23.8. The van der Waals surface area contributed by atoms with Gasteiger partial charge in [-0.05, 0) is 62.6 Å². The molecule has 24 heavy (non-hydrogen) atoms. The molecule has 2 rings (SSSR count).